The fourth-order valence-corrected chi connectivity index (χ4v) is 4.04. The number of nitrogens with two attached hydrogens (primary N) is 1. The average molecular weight is 410 g/mol. The highest BCUT2D eigenvalue weighted by Crippen LogP contribution is 2.30. The van der Waals surface area contributed by atoms with E-state index < -0.39 is 17.8 Å². The first-order valence-electron chi connectivity index (χ1n) is 9.92. The molecule has 7 nitrogen and oxygen atoms in total. The van der Waals surface area contributed by atoms with Gasteiger partial charge in [-0.1, -0.05) is 12.1 Å². The van der Waals surface area contributed by atoms with E-state index in [0.29, 0.717) is 24.7 Å². The number of likely N-dealkylation sites (tertiary alicyclic amines) is 1. The summed E-state index contributed by atoms with van der Waals surface area (Å²) in [6.45, 7) is 1.17. The fourth-order valence-electron chi connectivity index (χ4n) is 4.04. The van der Waals surface area contributed by atoms with E-state index in [2.05, 4.69) is 5.10 Å². The number of nitrogens with zero attached hydrogens (tertiary/aromatic N) is 3. The van der Waals surface area contributed by atoms with Crippen LogP contribution in [0.3, 0.4) is 0 Å². The monoisotopic (exact) mass is 410 g/mol. The molecular weight excluding hydrogens is 387 g/mol. The van der Waals surface area contributed by atoms with Crippen molar-refractivity contribution >= 4 is 23.2 Å². The summed E-state index contributed by atoms with van der Waals surface area (Å²) in [5, 5.41) is 15.2. The van der Waals surface area contributed by atoms with Crippen LogP contribution in [0.25, 0.3) is 0 Å². The minimum atomic E-state index is -0.774. The topological polar surface area (TPSA) is 99.2 Å². The largest absolute Gasteiger partial charge is 0.508 e. The Hall–Kier alpha value is -3.42. The number of hydrogen-bond acceptors (Lipinski definition) is 5. The minimum absolute atomic E-state index is 0.128. The van der Waals surface area contributed by atoms with E-state index in [0.717, 1.165) is 18.4 Å². The van der Waals surface area contributed by atoms with Gasteiger partial charge in [0.05, 0.1) is 5.69 Å². The molecule has 2 amide bonds. The lowest BCUT2D eigenvalue weighted by Crippen LogP contribution is -2.42. The maximum Gasteiger partial charge on any atom is 0.270 e. The Balaban J connectivity index is 1.45. The van der Waals surface area contributed by atoms with Gasteiger partial charge >= 0.3 is 0 Å². The number of benzene rings is 2. The van der Waals surface area contributed by atoms with Gasteiger partial charge in [0, 0.05) is 19.5 Å². The van der Waals surface area contributed by atoms with Gasteiger partial charge in [-0.05, 0) is 60.7 Å². The van der Waals surface area contributed by atoms with Crippen LogP contribution in [0.5, 0.6) is 5.75 Å². The van der Waals surface area contributed by atoms with Gasteiger partial charge < -0.3 is 15.7 Å². The van der Waals surface area contributed by atoms with Crippen LogP contribution >= 0.6 is 0 Å². The molecular formula is C22H23FN4O3. The molecule has 1 saturated heterocycles. The Morgan fingerprint density at radius 3 is 2.27 bits per heavy atom. The van der Waals surface area contributed by atoms with Crippen molar-refractivity contribution in [3.05, 3.63) is 59.9 Å². The second-order valence-corrected chi connectivity index (χ2v) is 7.65. The van der Waals surface area contributed by atoms with Gasteiger partial charge in [0.25, 0.3) is 5.91 Å². The highest BCUT2D eigenvalue weighted by atomic mass is 19.1. The van der Waals surface area contributed by atoms with Crippen molar-refractivity contribution in [2.75, 3.05) is 18.1 Å². The molecule has 30 heavy (non-hydrogen) atoms. The lowest BCUT2D eigenvalue weighted by Gasteiger charge is -2.32. The summed E-state index contributed by atoms with van der Waals surface area (Å²) in [5.41, 5.74) is 7.46. The summed E-state index contributed by atoms with van der Waals surface area (Å²) in [6.07, 6.45) is 1.75. The third-order valence-electron chi connectivity index (χ3n) is 5.72. The summed E-state index contributed by atoms with van der Waals surface area (Å²) in [6, 6.07) is 12.0. The van der Waals surface area contributed by atoms with Gasteiger partial charge in [-0.15, -0.1) is 0 Å². The van der Waals surface area contributed by atoms with E-state index in [4.69, 9.17) is 5.73 Å². The van der Waals surface area contributed by atoms with Gasteiger partial charge in [0.2, 0.25) is 5.91 Å². The number of carbonyl (C=O) groups excluding carboxylic acids is 2. The maximum absolute atomic E-state index is 13.2. The number of piperidine rings is 1. The van der Waals surface area contributed by atoms with E-state index in [1.807, 2.05) is 12.1 Å². The van der Waals surface area contributed by atoms with Crippen LogP contribution in [0.1, 0.15) is 30.7 Å². The van der Waals surface area contributed by atoms with Gasteiger partial charge in [-0.3, -0.25) is 14.6 Å². The summed E-state index contributed by atoms with van der Waals surface area (Å²) >= 11 is 0. The first-order valence-corrected chi connectivity index (χ1v) is 9.92. The van der Waals surface area contributed by atoms with Gasteiger partial charge in [-0.2, -0.15) is 5.10 Å². The van der Waals surface area contributed by atoms with Crippen molar-refractivity contribution in [1.29, 1.82) is 0 Å². The Bertz CT molecular complexity index is 967. The molecule has 1 atom stereocenters. The van der Waals surface area contributed by atoms with Crippen LogP contribution in [-0.2, 0) is 9.59 Å². The molecule has 3 N–H and O–H groups in total. The van der Waals surface area contributed by atoms with Crippen molar-refractivity contribution in [2.24, 2.45) is 10.8 Å². The maximum atomic E-state index is 13.2. The number of phenolic OH excluding ortho intramolecular Hbond substituents is 1. The number of hydrazone groups is 1. The average Bonchev–Trinajstić information content (AvgIpc) is 3.20. The molecule has 0 saturated carbocycles. The van der Waals surface area contributed by atoms with Crippen LogP contribution in [0.15, 0.2) is 53.6 Å². The van der Waals surface area contributed by atoms with Crippen molar-refractivity contribution < 1.29 is 19.1 Å². The Labute approximate surface area is 173 Å². The van der Waals surface area contributed by atoms with Gasteiger partial charge in [0.15, 0.2) is 0 Å². The number of aromatic hydroxyl groups is 1. The smallest absolute Gasteiger partial charge is 0.270 e. The first kappa shape index (κ1) is 19.9. The van der Waals surface area contributed by atoms with Gasteiger partial charge in [0.1, 0.15) is 23.3 Å². The summed E-state index contributed by atoms with van der Waals surface area (Å²) in [5.74, 6) is -0.619. The molecule has 0 aromatic heterocycles. The second kappa shape index (κ2) is 8.14. The number of halogens is 1. The fraction of sp³-hybridized carbons (Fsp3) is 0.318. The normalized spacial score (nSPS) is 19.6. The molecule has 2 aromatic rings. The summed E-state index contributed by atoms with van der Waals surface area (Å²) in [4.78, 5) is 26.7. The second-order valence-electron chi connectivity index (χ2n) is 7.65. The van der Waals surface area contributed by atoms with Crippen LogP contribution in [-0.4, -0.2) is 46.7 Å². The summed E-state index contributed by atoms with van der Waals surface area (Å²) in [7, 11) is 0. The van der Waals surface area contributed by atoms with E-state index in [-0.39, 0.29) is 23.8 Å². The van der Waals surface area contributed by atoms with Crippen LogP contribution in [0, 0.1) is 5.82 Å². The van der Waals surface area contributed by atoms with Crippen molar-refractivity contribution in [1.82, 2.24) is 4.90 Å². The van der Waals surface area contributed by atoms with Crippen molar-refractivity contribution in [3.63, 3.8) is 0 Å². The molecule has 0 radical (unpaired) electrons. The van der Waals surface area contributed by atoms with E-state index in [9.17, 15) is 19.1 Å². The minimum Gasteiger partial charge on any atom is -0.508 e. The lowest BCUT2D eigenvalue weighted by atomic mass is 9.89. The van der Waals surface area contributed by atoms with E-state index in [1.54, 1.807) is 17.0 Å². The quantitative estimate of drug-likeness (QED) is 0.808. The first-order chi connectivity index (χ1) is 14.4. The molecule has 0 unspecified atom stereocenters. The van der Waals surface area contributed by atoms with Crippen LogP contribution in [0.4, 0.5) is 10.1 Å². The zero-order chi connectivity index (χ0) is 21.3. The van der Waals surface area contributed by atoms with Crippen molar-refractivity contribution in [3.8, 4) is 5.75 Å². The zero-order valence-electron chi connectivity index (χ0n) is 16.4. The third-order valence-corrected chi connectivity index (χ3v) is 5.72. The van der Waals surface area contributed by atoms with E-state index in [1.165, 1.54) is 29.3 Å². The summed E-state index contributed by atoms with van der Waals surface area (Å²) < 4.78 is 13.2. The van der Waals surface area contributed by atoms with Gasteiger partial charge in [-0.25, -0.2) is 4.39 Å². The highest BCUT2D eigenvalue weighted by molar-refractivity contribution is 6.40. The molecule has 4 rings (SSSR count). The lowest BCUT2D eigenvalue weighted by molar-refractivity contribution is -0.125. The third kappa shape index (κ3) is 3.98. The molecule has 0 aliphatic carbocycles. The number of primary amides is 1. The molecule has 156 valence electrons. The molecule has 2 heterocycles. The molecule has 1 fully saturated rings. The predicted molar refractivity (Wildman–Crippen MR) is 111 cm³/mol. The number of amides is 2. The Morgan fingerprint density at radius 2 is 1.67 bits per heavy atom. The number of hydrogen-bond donors (Lipinski definition) is 2. The molecule has 0 spiro atoms. The Kier molecular flexibility index (Phi) is 5.39. The molecule has 2 aliphatic heterocycles. The zero-order valence-corrected chi connectivity index (χ0v) is 16.4. The van der Waals surface area contributed by atoms with Crippen LogP contribution in [0.2, 0.25) is 0 Å². The molecule has 2 aliphatic rings. The number of carbonyl (C=O) groups is 2. The standard InChI is InChI=1S/C22H23FN4O3/c23-16-3-5-17(6-4-16)27-20(21(24)29)13-19(25-27)22(30)26-11-9-15(10-12-26)14-1-7-18(28)8-2-14/h1-8,15,20,28H,9-13H2,(H2,24,29)/t20-/m0/s1. The van der Waals surface area contributed by atoms with E-state index >= 15 is 0 Å². The predicted octanol–water partition coefficient (Wildman–Crippen LogP) is 2.36. The molecule has 2 aromatic carbocycles. The van der Waals surface area contributed by atoms with Crippen LogP contribution < -0.4 is 10.7 Å². The molecule has 0 bridgehead atoms. The highest BCUT2D eigenvalue weighted by Gasteiger charge is 2.37. The number of anilines is 1. The van der Waals surface area contributed by atoms with Crippen molar-refractivity contribution in [2.45, 2.75) is 31.2 Å². The number of phenols is 1. The molecule has 8 heteroatoms. The Morgan fingerprint density at radius 1 is 1.03 bits per heavy atom. The number of rotatable bonds is 4. The SMILES string of the molecule is NC(=O)[C@@H]1CC(C(=O)N2CCC(c3ccc(O)cc3)CC2)=NN1c1ccc(F)cc1.